The third-order valence-electron chi connectivity index (χ3n) is 3.05. The van der Waals surface area contributed by atoms with Crippen molar-refractivity contribution in [2.24, 2.45) is 4.99 Å². The van der Waals surface area contributed by atoms with Crippen LogP contribution >= 0.6 is 24.0 Å². The third kappa shape index (κ3) is 9.11. The van der Waals surface area contributed by atoms with Gasteiger partial charge in [-0.05, 0) is 52.2 Å². The highest BCUT2D eigenvalue weighted by Crippen LogP contribution is 2.08. The van der Waals surface area contributed by atoms with E-state index < -0.39 is 0 Å². The van der Waals surface area contributed by atoms with Gasteiger partial charge in [0.05, 0.1) is 6.54 Å². The van der Waals surface area contributed by atoms with E-state index in [-0.39, 0.29) is 24.0 Å². The van der Waals surface area contributed by atoms with Gasteiger partial charge in [-0.15, -0.1) is 30.4 Å². The molecular formula is C14H27IN4. The molecule has 0 unspecified atom stereocenters. The number of terminal acetylenes is 1. The van der Waals surface area contributed by atoms with E-state index in [4.69, 9.17) is 6.42 Å². The summed E-state index contributed by atoms with van der Waals surface area (Å²) >= 11 is 0. The molecule has 0 aromatic carbocycles. The van der Waals surface area contributed by atoms with E-state index in [0.717, 1.165) is 25.5 Å². The molecule has 0 bridgehead atoms. The maximum atomic E-state index is 5.22. The Morgan fingerprint density at radius 3 is 2.63 bits per heavy atom. The summed E-state index contributed by atoms with van der Waals surface area (Å²) in [5, 5.41) is 6.28. The van der Waals surface area contributed by atoms with Gasteiger partial charge in [0.2, 0.25) is 0 Å². The largest absolute Gasteiger partial charge is 0.357 e. The van der Waals surface area contributed by atoms with E-state index in [1.54, 1.807) is 0 Å². The van der Waals surface area contributed by atoms with Gasteiger partial charge in [0.1, 0.15) is 0 Å². The predicted molar refractivity (Wildman–Crippen MR) is 93.1 cm³/mol. The van der Waals surface area contributed by atoms with Crippen molar-refractivity contribution in [1.82, 2.24) is 15.5 Å². The van der Waals surface area contributed by atoms with Crippen LogP contribution in [0.5, 0.6) is 0 Å². The Labute approximate surface area is 134 Å². The number of likely N-dealkylation sites (tertiary alicyclic amines) is 1. The fraction of sp³-hybridized carbons (Fsp3) is 0.786. The van der Waals surface area contributed by atoms with E-state index in [0.29, 0.717) is 6.54 Å². The zero-order valence-corrected chi connectivity index (χ0v) is 14.3. The first kappa shape index (κ1) is 18.5. The molecule has 1 rings (SSSR count). The van der Waals surface area contributed by atoms with Crippen LogP contribution in [0.1, 0.15) is 32.6 Å². The molecule has 4 nitrogen and oxygen atoms in total. The van der Waals surface area contributed by atoms with Gasteiger partial charge in [0, 0.05) is 13.1 Å². The second kappa shape index (κ2) is 12.5. The first-order valence-corrected chi connectivity index (χ1v) is 7.04. The Hall–Kier alpha value is -0.480. The Bertz CT molecular complexity index is 280. The smallest absolute Gasteiger partial charge is 0.192 e. The Morgan fingerprint density at radius 2 is 2.00 bits per heavy atom. The molecule has 0 atom stereocenters. The second-order valence-corrected chi connectivity index (χ2v) is 4.57. The van der Waals surface area contributed by atoms with Crippen LogP contribution in [0.2, 0.25) is 0 Å². The summed E-state index contributed by atoms with van der Waals surface area (Å²) in [7, 11) is 0. The zero-order valence-electron chi connectivity index (χ0n) is 12.0. The van der Waals surface area contributed by atoms with E-state index in [1.165, 1.54) is 38.9 Å². The van der Waals surface area contributed by atoms with Crippen LogP contribution < -0.4 is 10.6 Å². The molecule has 1 aliphatic rings. The molecule has 19 heavy (non-hydrogen) atoms. The van der Waals surface area contributed by atoms with E-state index >= 15 is 0 Å². The highest BCUT2D eigenvalue weighted by atomic mass is 127. The van der Waals surface area contributed by atoms with Crippen molar-refractivity contribution < 1.29 is 0 Å². The standard InChI is InChI=1S/C14H26N4.HI/c1-3-9-16-14(15-4-2)17-10-5-6-11-18-12-7-8-13-18;/h1H,4-13H2,2H3,(H2,15,16,17);1H. The molecule has 0 aromatic heterocycles. The molecule has 0 aromatic rings. The van der Waals surface area contributed by atoms with Gasteiger partial charge in [0.15, 0.2) is 5.96 Å². The molecule has 2 N–H and O–H groups in total. The van der Waals surface area contributed by atoms with Crippen LogP contribution in [0.4, 0.5) is 0 Å². The second-order valence-electron chi connectivity index (χ2n) is 4.57. The third-order valence-corrected chi connectivity index (χ3v) is 3.05. The van der Waals surface area contributed by atoms with Gasteiger partial charge in [-0.2, -0.15) is 0 Å². The number of rotatable bonds is 7. The van der Waals surface area contributed by atoms with Gasteiger partial charge in [-0.3, -0.25) is 4.99 Å². The Kier molecular flexibility index (Phi) is 12.2. The van der Waals surface area contributed by atoms with Crippen LogP contribution in [-0.4, -0.2) is 50.1 Å². The maximum Gasteiger partial charge on any atom is 0.192 e. The molecule has 0 radical (unpaired) electrons. The van der Waals surface area contributed by atoms with Crippen molar-refractivity contribution in [1.29, 1.82) is 0 Å². The van der Waals surface area contributed by atoms with Gasteiger partial charge >= 0.3 is 0 Å². The SMILES string of the molecule is C#CCNC(=NCCCCN1CCCC1)NCC.I. The lowest BCUT2D eigenvalue weighted by molar-refractivity contribution is 0.331. The van der Waals surface area contributed by atoms with Crippen molar-refractivity contribution in [3.8, 4) is 12.3 Å². The van der Waals surface area contributed by atoms with Crippen molar-refractivity contribution >= 4 is 29.9 Å². The molecule has 1 heterocycles. The minimum absolute atomic E-state index is 0. The fourth-order valence-electron chi connectivity index (χ4n) is 2.12. The predicted octanol–water partition coefficient (Wildman–Crippen LogP) is 1.67. The van der Waals surface area contributed by atoms with Gasteiger partial charge in [0.25, 0.3) is 0 Å². The lowest BCUT2D eigenvalue weighted by Crippen LogP contribution is -2.37. The number of unbranched alkanes of at least 4 members (excludes halogenated alkanes) is 1. The molecular weight excluding hydrogens is 351 g/mol. The molecule has 0 aliphatic carbocycles. The number of guanidine groups is 1. The highest BCUT2D eigenvalue weighted by Gasteiger charge is 2.09. The fourth-order valence-corrected chi connectivity index (χ4v) is 2.12. The summed E-state index contributed by atoms with van der Waals surface area (Å²) in [4.78, 5) is 7.04. The van der Waals surface area contributed by atoms with Gasteiger partial charge in [-0.1, -0.05) is 5.92 Å². The van der Waals surface area contributed by atoms with E-state index in [1.807, 2.05) is 0 Å². The van der Waals surface area contributed by atoms with Crippen LogP contribution in [0.15, 0.2) is 4.99 Å². The summed E-state index contributed by atoms with van der Waals surface area (Å²) in [5.41, 5.74) is 0. The number of nitrogens with zero attached hydrogens (tertiary/aromatic N) is 2. The highest BCUT2D eigenvalue weighted by molar-refractivity contribution is 14.0. The van der Waals surface area contributed by atoms with Crippen LogP contribution in [0.3, 0.4) is 0 Å². The van der Waals surface area contributed by atoms with Crippen molar-refractivity contribution in [2.75, 3.05) is 39.3 Å². The Morgan fingerprint density at radius 1 is 1.26 bits per heavy atom. The van der Waals surface area contributed by atoms with Gasteiger partial charge < -0.3 is 15.5 Å². The molecule has 0 spiro atoms. The van der Waals surface area contributed by atoms with E-state index in [2.05, 4.69) is 33.4 Å². The van der Waals surface area contributed by atoms with Crippen LogP contribution in [-0.2, 0) is 0 Å². The average molecular weight is 378 g/mol. The van der Waals surface area contributed by atoms with Crippen molar-refractivity contribution in [2.45, 2.75) is 32.6 Å². The maximum absolute atomic E-state index is 5.22. The summed E-state index contributed by atoms with van der Waals surface area (Å²) in [6.07, 6.45) is 10.3. The summed E-state index contributed by atoms with van der Waals surface area (Å²) < 4.78 is 0. The van der Waals surface area contributed by atoms with E-state index in [9.17, 15) is 0 Å². The van der Waals surface area contributed by atoms with Crippen molar-refractivity contribution in [3.63, 3.8) is 0 Å². The lowest BCUT2D eigenvalue weighted by atomic mass is 10.3. The number of nitrogens with one attached hydrogen (secondary N) is 2. The number of hydrogen-bond acceptors (Lipinski definition) is 2. The first-order chi connectivity index (χ1) is 8.86. The average Bonchev–Trinajstić information content (AvgIpc) is 2.88. The van der Waals surface area contributed by atoms with Gasteiger partial charge in [-0.25, -0.2) is 0 Å². The topological polar surface area (TPSA) is 39.7 Å². The molecule has 1 saturated heterocycles. The summed E-state index contributed by atoms with van der Waals surface area (Å²) in [6, 6.07) is 0. The first-order valence-electron chi connectivity index (χ1n) is 7.04. The molecule has 110 valence electrons. The minimum Gasteiger partial charge on any atom is -0.357 e. The summed E-state index contributed by atoms with van der Waals surface area (Å²) in [5.74, 6) is 3.39. The normalized spacial score (nSPS) is 15.7. The van der Waals surface area contributed by atoms with Crippen molar-refractivity contribution in [3.05, 3.63) is 0 Å². The molecule has 1 aliphatic heterocycles. The summed E-state index contributed by atoms with van der Waals surface area (Å²) in [6.45, 7) is 8.12. The molecule has 5 heteroatoms. The quantitative estimate of drug-likeness (QED) is 0.233. The molecule has 0 saturated carbocycles. The monoisotopic (exact) mass is 378 g/mol. The number of halogens is 1. The minimum atomic E-state index is 0. The molecule has 0 amide bonds. The lowest BCUT2D eigenvalue weighted by Gasteiger charge is -2.13. The van der Waals surface area contributed by atoms with Crippen LogP contribution in [0, 0.1) is 12.3 Å². The number of hydrogen-bond donors (Lipinski definition) is 2. The zero-order chi connectivity index (χ0) is 13.1. The number of aliphatic imine (C=N–C) groups is 1. The van der Waals surface area contributed by atoms with Crippen LogP contribution in [0.25, 0.3) is 0 Å². The Balaban J connectivity index is 0.00000324. The molecule has 1 fully saturated rings.